The van der Waals surface area contributed by atoms with E-state index in [1.807, 2.05) is 0 Å². The first kappa shape index (κ1) is 13.0. The predicted molar refractivity (Wildman–Crippen MR) is 70.4 cm³/mol. The highest BCUT2D eigenvalue weighted by Crippen LogP contribution is 2.13. The van der Waals surface area contributed by atoms with Crippen LogP contribution < -0.4 is 5.32 Å². The highest BCUT2D eigenvalue weighted by molar-refractivity contribution is 7.09. The summed E-state index contributed by atoms with van der Waals surface area (Å²) in [5.41, 5.74) is 1.18. The third kappa shape index (κ3) is 3.74. The van der Waals surface area contributed by atoms with Crippen molar-refractivity contribution in [2.45, 2.75) is 32.0 Å². The standard InChI is InChI=1S/C12H21N3OS/c1-9-14-11(8-17-9)7-15(2)6-10-4-12(16-3)5-13-10/h8,10,12-13H,4-7H2,1-3H3. The molecular formula is C12H21N3OS. The van der Waals surface area contributed by atoms with Gasteiger partial charge in [0.1, 0.15) is 0 Å². The minimum absolute atomic E-state index is 0.384. The van der Waals surface area contributed by atoms with Crippen LogP contribution in [0.4, 0.5) is 0 Å². The Hall–Kier alpha value is -0.490. The molecule has 1 fully saturated rings. The molecule has 0 aromatic carbocycles. The van der Waals surface area contributed by atoms with Gasteiger partial charge in [-0.2, -0.15) is 0 Å². The highest BCUT2D eigenvalue weighted by atomic mass is 32.1. The van der Waals surface area contributed by atoms with Crippen LogP contribution in [0.5, 0.6) is 0 Å². The lowest BCUT2D eigenvalue weighted by atomic mass is 10.2. The van der Waals surface area contributed by atoms with Crippen molar-refractivity contribution >= 4 is 11.3 Å². The number of nitrogens with one attached hydrogen (secondary N) is 1. The lowest BCUT2D eigenvalue weighted by molar-refractivity contribution is 0.116. The summed E-state index contributed by atoms with van der Waals surface area (Å²) in [4.78, 5) is 6.81. The first-order valence-electron chi connectivity index (χ1n) is 6.03. The van der Waals surface area contributed by atoms with E-state index in [0.717, 1.165) is 31.1 Å². The zero-order valence-electron chi connectivity index (χ0n) is 10.8. The smallest absolute Gasteiger partial charge is 0.0897 e. The quantitative estimate of drug-likeness (QED) is 0.859. The summed E-state index contributed by atoms with van der Waals surface area (Å²) in [5.74, 6) is 0. The maximum Gasteiger partial charge on any atom is 0.0897 e. The third-order valence-electron chi connectivity index (χ3n) is 3.15. The summed E-state index contributed by atoms with van der Waals surface area (Å²) in [6.07, 6.45) is 1.49. The molecule has 17 heavy (non-hydrogen) atoms. The zero-order valence-corrected chi connectivity index (χ0v) is 11.6. The average molecular weight is 255 g/mol. The number of methoxy groups -OCH3 is 1. The highest BCUT2D eigenvalue weighted by Gasteiger charge is 2.24. The van der Waals surface area contributed by atoms with Crippen LogP contribution in [-0.2, 0) is 11.3 Å². The second-order valence-corrected chi connectivity index (χ2v) is 5.82. The van der Waals surface area contributed by atoms with Crippen molar-refractivity contribution in [3.8, 4) is 0 Å². The van der Waals surface area contributed by atoms with Gasteiger partial charge in [-0.25, -0.2) is 4.98 Å². The van der Waals surface area contributed by atoms with Crippen molar-refractivity contribution in [3.05, 3.63) is 16.1 Å². The maximum atomic E-state index is 5.35. The van der Waals surface area contributed by atoms with Crippen molar-refractivity contribution in [1.82, 2.24) is 15.2 Å². The second kappa shape index (κ2) is 5.91. The summed E-state index contributed by atoms with van der Waals surface area (Å²) in [6.45, 7) is 5.01. The number of rotatable bonds is 5. The van der Waals surface area contributed by atoms with Gasteiger partial charge in [0.15, 0.2) is 0 Å². The largest absolute Gasteiger partial charge is 0.380 e. The topological polar surface area (TPSA) is 37.4 Å². The molecular weight excluding hydrogens is 234 g/mol. The number of hydrogen-bond donors (Lipinski definition) is 1. The number of nitrogens with zero attached hydrogens (tertiary/aromatic N) is 2. The molecule has 1 aromatic rings. The summed E-state index contributed by atoms with van der Waals surface area (Å²) >= 11 is 1.72. The van der Waals surface area contributed by atoms with Gasteiger partial charge < -0.3 is 10.1 Å². The minimum Gasteiger partial charge on any atom is -0.380 e. The normalized spacial score (nSPS) is 24.7. The zero-order chi connectivity index (χ0) is 12.3. The molecule has 96 valence electrons. The second-order valence-electron chi connectivity index (χ2n) is 4.75. The van der Waals surface area contributed by atoms with E-state index in [9.17, 15) is 0 Å². The molecule has 5 heteroatoms. The molecule has 1 N–H and O–H groups in total. The molecule has 0 spiro atoms. The fourth-order valence-electron chi connectivity index (χ4n) is 2.30. The van der Waals surface area contributed by atoms with E-state index in [4.69, 9.17) is 4.74 Å². The lowest BCUT2D eigenvalue weighted by Crippen LogP contribution is -2.35. The summed E-state index contributed by atoms with van der Waals surface area (Å²) in [7, 11) is 3.94. The Kier molecular flexibility index (Phi) is 4.50. The maximum absolute atomic E-state index is 5.35. The fourth-order valence-corrected chi connectivity index (χ4v) is 2.90. The molecule has 0 aliphatic carbocycles. The fraction of sp³-hybridized carbons (Fsp3) is 0.750. The number of thiazole rings is 1. The van der Waals surface area contributed by atoms with E-state index in [0.29, 0.717) is 12.1 Å². The molecule has 0 amide bonds. The molecule has 1 saturated heterocycles. The molecule has 2 unspecified atom stereocenters. The SMILES string of the molecule is COC1CNC(CN(C)Cc2csc(C)n2)C1. The van der Waals surface area contributed by atoms with Crippen LogP contribution in [0.1, 0.15) is 17.1 Å². The van der Waals surface area contributed by atoms with Gasteiger partial charge in [-0.3, -0.25) is 4.90 Å². The van der Waals surface area contributed by atoms with Gasteiger partial charge in [0.05, 0.1) is 16.8 Å². The monoisotopic (exact) mass is 255 g/mol. The van der Waals surface area contributed by atoms with Crippen LogP contribution in [0.25, 0.3) is 0 Å². The van der Waals surface area contributed by atoms with E-state index < -0.39 is 0 Å². The van der Waals surface area contributed by atoms with E-state index in [1.54, 1.807) is 18.4 Å². The molecule has 1 aromatic heterocycles. The third-order valence-corrected chi connectivity index (χ3v) is 3.97. The summed E-state index contributed by atoms with van der Waals surface area (Å²) in [6, 6.07) is 0.546. The van der Waals surface area contributed by atoms with E-state index in [1.165, 1.54) is 5.69 Å². The molecule has 0 bridgehead atoms. The van der Waals surface area contributed by atoms with Crippen LogP contribution in [0.3, 0.4) is 0 Å². The Morgan fingerprint density at radius 3 is 3.06 bits per heavy atom. The molecule has 2 atom stereocenters. The Morgan fingerprint density at radius 2 is 2.47 bits per heavy atom. The molecule has 1 aliphatic rings. The van der Waals surface area contributed by atoms with Gasteiger partial charge in [0.2, 0.25) is 0 Å². The number of ether oxygens (including phenoxy) is 1. The van der Waals surface area contributed by atoms with Gasteiger partial charge in [0, 0.05) is 38.2 Å². The number of aryl methyl sites for hydroxylation is 1. The number of hydrogen-bond acceptors (Lipinski definition) is 5. The number of likely N-dealkylation sites (N-methyl/N-ethyl adjacent to an activating group) is 1. The molecule has 2 rings (SSSR count). The van der Waals surface area contributed by atoms with Crippen LogP contribution in [0.15, 0.2) is 5.38 Å². The van der Waals surface area contributed by atoms with Crippen LogP contribution in [-0.4, -0.2) is 49.3 Å². The Balaban J connectivity index is 1.76. The van der Waals surface area contributed by atoms with Crippen molar-refractivity contribution in [3.63, 3.8) is 0 Å². The van der Waals surface area contributed by atoms with Crippen LogP contribution >= 0.6 is 11.3 Å². The van der Waals surface area contributed by atoms with E-state index in [-0.39, 0.29) is 0 Å². The minimum atomic E-state index is 0.384. The van der Waals surface area contributed by atoms with Gasteiger partial charge in [-0.05, 0) is 20.4 Å². The van der Waals surface area contributed by atoms with Crippen molar-refractivity contribution < 1.29 is 4.74 Å². The Bertz CT molecular complexity index is 355. The van der Waals surface area contributed by atoms with E-state index >= 15 is 0 Å². The van der Waals surface area contributed by atoms with Crippen LogP contribution in [0.2, 0.25) is 0 Å². The summed E-state index contributed by atoms with van der Waals surface area (Å²) < 4.78 is 5.35. The first-order valence-corrected chi connectivity index (χ1v) is 6.91. The van der Waals surface area contributed by atoms with Crippen molar-refractivity contribution in [2.75, 3.05) is 27.2 Å². The lowest BCUT2D eigenvalue weighted by Gasteiger charge is -2.20. The Morgan fingerprint density at radius 1 is 1.65 bits per heavy atom. The van der Waals surface area contributed by atoms with Crippen molar-refractivity contribution in [1.29, 1.82) is 0 Å². The predicted octanol–water partition coefficient (Wildman–Crippen LogP) is 1.26. The molecule has 4 nitrogen and oxygen atoms in total. The van der Waals surface area contributed by atoms with Crippen LogP contribution in [0, 0.1) is 6.92 Å². The first-order chi connectivity index (χ1) is 8.17. The van der Waals surface area contributed by atoms with Gasteiger partial charge in [-0.15, -0.1) is 11.3 Å². The number of aromatic nitrogens is 1. The van der Waals surface area contributed by atoms with E-state index in [2.05, 4.69) is 34.6 Å². The molecule has 0 radical (unpaired) electrons. The van der Waals surface area contributed by atoms with Gasteiger partial charge in [0.25, 0.3) is 0 Å². The van der Waals surface area contributed by atoms with Gasteiger partial charge >= 0.3 is 0 Å². The molecule has 1 aliphatic heterocycles. The molecule has 2 heterocycles. The van der Waals surface area contributed by atoms with Gasteiger partial charge in [-0.1, -0.05) is 0 Å². The molecule has 0 saturated carbocycles. The summed E-state index contributed by atoms with van der Waals surface area (Å²) in [5, 5.41) is 6.78. The Labute approximate surface area is 107 Å². The average Bonchev–Trinajstić information content (AvgIpc) is 2.88. The van der Waals surface area contributed by atoms with Crippen molar-refractivity contribution in [2.24, 2.45) is 0 Å².